The third-order valence-electron chi connectivity index (χ3n) is 3.32. The second-order valence-corrected chi connectivity index (χ2v) is 4.73. The molecular formula is C17H13NO2. The maximum atomic E-state index is 12.1. The topological polar surface area (TPSA) is 49.9 Å². The maximum Gasteiger partial charge on any atom is 0.190 e. The Balaban J connectivity index is 2.22. The Bertz CT molecular complexity index is 862. The summed E-state index contributed by atoms with van der Waals surface area (Å²) in [5, 5.41) is 0.666. The van der Waals surface area contributed by atoms with Crippen molar-refractivity contribution < 1.29 is 4.79 Å². The summed E-state index contributed by atoms with van der Waals surface area (Å²) in [5.74, 6) is 0.00925. The summed E-state index contributed by atoms with van der Waals surface area (Å²) in [6.45, 7) is 1.53. The van der Waals surface area contributed by atoms with E-state index in [4.69, 9.17) is 0 Å². The fraction of sp³-hybridized carbons (Fsp3) is 0.0588. The molecule has 0 aliphatic rings. The van der Waals surface area contributed by atoms with Gasteiger partial charge in [-0.25, -0.2) is 0 Å². The number of H-pyrrole nitrogens is 1. The van der Waals surface area contributed by atoms with Crippen molar-refractivity contribution in [2.24, 2.45) is 0 Å². The zero-order valence-electron chi connectivity index (χ0n) is 11.0. The van der Waals surface area contributed by atoms with Gasteiger partial charge in [0, 0.05) is 28.2 Å². The van der Waals surface area contributed by atoms with Crippen molar-refractivity contribution in [3.63, 3.8) is 0 Å². The Kier molecular flexibility index (Phi) is 2.95. The lowest BCUT2D eigenvalue weighted by molar-refractivity contribution is 0.101. The van der Waals surface area contributed by atoms with Crippen LogP contribution in [0.4, 0.5) is 0 Å². The average Bonchev–Trinajstić information content (AvgIpc) is 2.47. The van der Waals surface area contributed by atoms with E-state index < -0.39 is 0 Å². The number of carbonyl (C=O) groups is 1. The van der Waals surface area contributed by atoms with Crippen LogP contribution in [-0.4, -0.2) is 10.8 Å². The highest BCUT2D eigenvalue weighted by Gasteiger charge is 2.06. The zero-order chi connectivity index (χ0) is 14.1. The highest BCUT2D eigenvalue weighted by Crippen LogP contribution is 2.19. The lowest BCUT2D eigenvalue weighted by Crippen LogP contribution is -2.03. The van der Waals surface area contributed by atoms with E-state index in [1.165, 1.54) is 6.92 Å². The second-order valence-electron chi connectivity index (χ2n) is 4.73. The molecule has 3 nitrogen and oxygen atoms in total. The van der Waals surface area contributed by atoms with Crippen LogP contribution >= 0.6 is 0 Å². The number of aromatic nitrogens is 1. The van der Waals surface area contributed by atoms with E-state index in [1.54, 1.807) is 24.3 Å². The number of hydrogen-bond acceptors (Lipinski definition) is 2. The van der Waals surface area contributed by atoms with Gasteiger partial charge in [0.15, 0.2) is 11.2 Å². The maximum absolute atomic E-state index is 12.1. The highest BCUT2D eigenvalue weighted by atomic mass is 16.1. The molecule has 1 heterocycles. The fourth-order valence-electron chi connectivity index (χ4n) is 2.26. The second kappa shape index (κ2) is 4.78. The molecule has 1 aromatic heterocycles. The Hall–Kier alpha value is -2.68. The standard InChI is InChI=1S/C17H13NO2/c1-11(19)12-5-4-6-13(9-12)16-10-17(20)14-7-2-3-8-15(14)18-16/h2-10H,1H3,(H,18,20). The fourth-order valence-corrected chi connectivity index (χ4v) is 2.26. The van der Waals surface area contributed by atoms with Crippen LogP contribution in [0.3, 0.4) is 0 Å². The Labute approximate surface area is 115 Å². The number of pyridine rings is 1. The van der Waals surface area contributed by atoms with Gasteiger partial charge in [0.25, 0.3) is 0 Å². The van der Waals surface area contributed by atoms with Crippen molar-refractivity contribution in [2.75, 3.05) is 0 Å². The van der Waals surface area contributed by atoms with Gasteiger partial charge in [0.1, 0.15) is 0 Å². The lowest BCUT2D eigenvalue weighted by Gasteiger charge is -2.06. The van der Waals surface area contributed by atoms with Crippen molar-refractivity contribution in [1.29, 1.82) is 0 Å². The van der Waals surface area contributed by atoms with E-state index in [1.807, 2.05) is 30.3 Å². The van der Waals surface area contributed by atoms with Crippen LogP contribution < -0.4 is 5.43 Å². The molecule has 3 aromatic rings. The number of Topliss-reactive ketones (excluding diaryl/α,β-unsaturated/α-hetero) is 1. The monoisotopic (exact) mass is 263 g/mol. The number of aromatic amines is 1. The van der Waals surface area contributed by atoms with Gasteiger partial charge in [-0.15, -0.1) is 0 Å². The summed E-state index contributed by atoms with van der Waals surface area (Å²) in [5.41, 5.74) is 2.96. The van der Waals surface area contributed by atoms with E-state index in [-0.39, 0.29) is 11.2 Å². The van der Waals surface area contributed by atoms with Crippen molar-refractivity contribution >= 4 is 16.7 Å². The van der Waals surface area contributed by atoms with Crippen LogP contribution in [0.2, 0.25) is 0 Å². The summed E-state index contributed by atoms with van der Waals surface area (Å²) in [6.07, 6.45) is 0. The number of carbonyl (C=O) groups excluding carboxylic acids is 1. The first-order chi connectivity index (χ1) is 9.65. The molecule has 0 aliphatic carbocycles. The van der Waals surface area contributed by atoms with Gasteiger partial charge in [0.2, 0.25) is 0 Å². The van der Waals surface area contributed by atoms with E-state index in [9.17, 15) is 9.59 Å². The number of benzene rings is 2. The summed E-state index contributed by atoms with van der Waals surface area (Å²) >= 11 is 0. The molecule has 3 heteroatoms. The molecule has 20 heavy (non-hydrogen) atoms. The SMILES string of the molecule is CC(=O)c1cccc(-c2cc(=O)c3ccccc3[nH]2)c1. The predicted molar refractivity (Wildman–Crippen MR) is 80.0 cm³/mol. The molecular weight excluding hydrogens is 250 g/mol. The van der Waals surface area contributed by atoms with Gasteiger partial charge in [-0.05, 0) is 30.7 Å². The quantitative estimate of drug-likeness (QED) is 0.720. The minimum atomic E-state index is -0.0254. The minimum Gasteiger partial charge on any atom is -0.354 e. The van der Waals surface area contributed by atoms with Gasteiger partial charge in [-0.2, -0.15) is 0 Å². The van der Waals surface area contributed by atoms with E-state index in [0.29, 0.717) is 10.9 Å². The Morgan fingerprint density at radius 2 is 1.80 bits per heavy atom. The van der Waals surface area contributed by atoms with Crippen molar-refractivity contribution in [3.8, 4) is 11.3 Å². The molecule has 0 saturated carbocycles. The summed E-state index contributed by atoms with van der Waals surface area (Å²) < 4.78 is 0. The molecule has 0 aliphatic heterocycles. The Morgan fingerprint density at radius 1 is 1.00 bits per heavy atom. The molecule has 0 atom stereocenters. The summed E-state index contributed by atoms with van der Waals surface area (Å²) in [7, 11) is 0. The number of para-hydroxylation sites is 1. The molecule has 0 fully saturated rings. The van der Waals surface area contributed by atoms with Gasteiger partial charge < -0.3 is 4.98 Å². The zero-order valence-corrected chi connectivity index (χ0v) is 11.0. The van der Waals surface area contributed by atoms with Gasteiger partial charge in [0.05, 0.1) is 0 Å². The molecule has 98 valence electrons. The summed E-state index contributed by atoms with van der Waals surface area (Å²) in [6, 6.07) is 16.2. The first-order valence-corrected chi connectivity index (χ1v) is 6.38. The van der Waals surface area contributed by atoms with E-state index in [0.717, 1.165) is 16.8 Å². The highest BCUT2D eigenvalue weighted by molar-refractivity contribution is 5.95. The molecule has 3 rings (SSSR count). The third-order valence-corrected chi connectivity index (χ3v) is 3.32. The largest absolute Gasteiger partial charge is 0.354 e. The normalized spacial score (nSPS) is 10.7. The first kappa shape index (κ1) is 12.4. The van der Waals surface area contributed by atoms with Gasteiger partial charge in [-0.3, -0.25) is 9.59 Å². The van der Waals surface area contributed by atoms with Crippen molar-refractivity contribution in [2.45, 2.75) is 6.92 Å². The van der Waals surface area contributed by atoms with Crippen molar-refractivity contribution in [1.82, 2.24) is 4.98 Å². The van der Waals surface area contributed by atoms with Gasteiger partial charge in [-0.1, -0.05) is 30.3 Å². The van der Waals surface area contributed by atoms with Crippen LogP contribution in [0, 0.1) is 0 Å². The smallest absolute Gasteiger partial charge is 0.190 e. The first-order valence-electron chi connectivity index (χ1n) is 6.38. The van der Waals surface area contributed by atoms with Crippen molar-refractivity contribution in [3.05, 3.63) is 70.4 Å². The van der Waals surface area contributed by atoms with Crippen LogP contribution in [0.5, 0.6) is 0 Å². The van der Waals surface area contributed by atoms with E-state index in [2.05, 4.69) is 4.98 Å². The molecule has 0 amide bonds. The van der Waals surface area contributed by atoms with Crippen LogP contribution in [0.1, 0.15) is 17.3 Å². The molecule has 0 saturated heterocycles. The molecule has 1 N–H and O–H groups in total. The minimum absolute atomic E-state index is 0.00925. The number of nitrogens with one attached hydrogen (secondary N) is 1. The molecule has 2 aromatic carbocycles. The van der Waals surface area contributed by atoms with Crippen LogP contribution in [0.15, 0.2) is 59.4 Å². The molecule has 0 unspecified atom stereocenters. The van der Waals surface area contributed by atoms with E-state index >= 15 is 0 Å². The number of fused-ring (bicyclic) bond motifs is 1. The molecule has 0 radical (unpaired) electrons. The predicted octanol–water partition coefficient (Wildman–Crippen LogP) is 3.40. The van der Waals surface area contributed by atoms with Gasteiger partial charge >= 0.3 is 0 Å². The molecule has 0 bridgehead atoms. The number of ketones is 1. The Morgan fingerprint density at radius 3 is 2.60 bits per heavy atom. The lowest BCUT2D eigenvalue weighted by atomic mass is 10.0. The number of hydrogen-bond donors (Lipinski definition) is 1. The van der Waals surface area contributed by atoms with Crippen LogP contribution in [0.25, 0.3) is 22.2 Å². The average molecular weight is 263 g/mol. The third kappa shape index (κ3) is 2.14. The number of rotatable bonds is 2. The van der Waals surface area contributed by atoms with Crippen LogP contribution in [-0.2, 0) is 0 Å². The molecule has 0 spiro atoms. The summed E-state index contributed by atoms with van der Waals surface area (Å²) in [4.78, 5) is 26.8.